The summed E-state index contributed by atoms with van der Waals surface area (Å²) in [5.41, 5.74) is 6.75. The van der Waals surface area contributed by atoms with Gasteiger partial charge in [-0.3, -0.25) is 0 Å². The van der Waals surface area contributed by atoms with Gasteiger partial charge in [-0.15, -0.1) is 10.2 Å². The van der Waals surface area contributed by atoms with Crippen LogP contribution < -0.4 is 0 Å². The topological polar surface area (TPSA) is 34.0 Å². The number of rotatable bonds is 1. The number of likely N-dealkylation sites (tertiary alicyclic amines) is 1. The molecule has 0 bridgehead atoms. The molecule has 0 aliphatic carbocycles. The molecule has 0 amide bonds. The quantitative estimate of drug-likeness (QED) is 0.660. The lowest BCUT2D eigenvalue weighted by Crippen LogP contribution is -2.27. The van der Waals surface area contributed by atoms with Crippen molar-refractivity contribution in [1.29, 1.82) is 0 Å². The number of piperidine rings is 1. The zero-order valence-corrected chi connectivity index (χ0v) is 15.7. The Labute approximate surface area is 160 Å². The van der Waals surface area contributed by atoms with Crippen molar-refractivity contribution in [2.45, 2.75) is 25.8 Å². The van der Waals surface area contributed by atoms with Crippen LogP contribution in [0.2, 0.25) is 0 Å². The SMILES string of the molecule is CN1CCC(=C2c3ccccc3CCn3c2nnc3-c2ccccc2)CC1. The van der Waals surface area contributed by atoms with Gasteiger partial charge in [-0.05, 0) is 37.4 Å². The van der Waals surface area contributed by atoms with E-state index in [0.29, 0.717) is 0 Å². The maximum absolute atomic E-state index is 4.71. The normalized spacial score (nSPS) is 17.4. The molecule has 5 rings (SSSR count). The highest BCUT2D eigenvalue weighted by Gasteiger charge is 2.27. The zero-order chi connectivity index (χ0) is 18.2. The standard InChI is InChI=1S/C23H24N4/c1-26-14-11-18(12-15-26)21-20-10-6-5-7-17(20)13-16-27-22(24-25-23(21)27)19-8-3-2-4-9-19/h2-10H,11-16H2,1H3. The van der Waals surface area contributed by atoms with E-state index in [1.54, 1.807) is 0 Å². The fourth-order valence-corrected chi connectivity index (χ4v) is 4.32. The fraction of sp³-hybridized carbons (Fsp3) is 0.304. The predicted octanol–water partition coefficient (Wildman–Crippen LogP) is 4.03. The number of hydrogen-bond acceptors (Lipinski definition) is 3. The Morgan fingerprint density at radius 1 is 0.741 bits per heavy atom. The summed E-state index contributed by atoms with van der Waals surface area (Å²) in [4.78, 5) is 2.41. The van der Waals surface area contributed by atoms with E-state index >= 15 is 0 Å². The predicted molar refractivity (Wildman–Crippen MR) is 108 cm³/mol. The Balaban J connectivity index is 1.71. The number of aryl methyl sites for hydroxylation is 1. The third-order valence-corrected chi connectivity index (χ3v) is 5.84. The molecule has 4 heteroatoms. The molecule has 136 valence electrons. The first-order valence-corrected chi connectivity index (χ1v) is 9.79. The van der Waals surface area contributed by atoms with Crippen molar-refractivity contribution in [2.75, 3.05) is 20.1 Å². The van der Waals surface area contributed by atoms with Gasteiger partial charge < -0.3 is 9.47 Å². The number of nitrogens with zero attached hydrogens (tertiary/aromatic N) is 4. The van der Waals surface area contributed by atoms with Crippen LogP contribution >= 0.6 is 0 Å². The molecule has 0 unspecified atom stereocenters. The van der Waals surface area contributed by atoms with Gasteiger partial charge in [0.15, 0.2) is 11.6 Å². The number of fused-ring (bicyclic) bond motifs is 2. The number of benzene rings is 2. The van der Waals surface area contributed by atoms with Gasteiger partial charge in [0, 0.05) is 30.8 Å². The van der Waals surface area contributed by atoms with Gasteiger partial charge in [0.2, 0.25) is 0 Å². The molecule has 0 radical (unpaired) electrons. The number of aromatic nitrogens is 3. The van der Waals surface area contributed by atoms with Crippen molar-refractivity contribution >= 4 is 5.57 Å². The lowest BCUT2D eigenvalue weighted by Gasteiger charge is -2.26. The van der Waals surface area contributed by atoms with Gasteiger partial charge in [0.25, 0.3) is 0 Å². The van der Waals surface area contributed by atoms with Crippen LogP contribution in [0, 0.1) is 0 Å². The minimum absolute atomic E-state index is 0.917. The summed E-state index contributed by atoms with van der Waals surface area (Å²) in [6, 6.07) is 19.3. The van der Waals surface area contributed by atoms with Crippen molar-refractivity contribution in [3.63, 3.8) is 0 Å². The molecule has 2 aliphatic heterocycles. The van der Waals surface area contributed by atoms with Gasteiger partial charge in [-0.1, -0.05) is 60.2 Å². The molecule has 0 spiro atoms. The van der Waals surface area contributed by atoms with Gasteiger partial charge >= 0.3 is 0 Å². The van der Waals surface area contributed by atoms with E-state index in [2.05, 4.69) is 70.1 Å². The van der Waals surface area contributed by atoms with Crippen LogP contribution in [0.4, 0.5) is 0 Å². The van der Waals surface area contributed by atoms with E-state index in [1.165, 1.54) is 22.3 Å². The summed E-state index contributed by atoms with van der Waals surface area (Å²) in [6.07, 6.45) is 3.22. The summed E-state index contributed by atoms with van der Waals surface area (Å²) in [7, 11) is 2.21. The second-order valence-electron chi connectivity index (χ2n) is 7.55. The first kappa shape index (κ1) is 16.5. The van der Waals surface area contributed by atoms with Crippen LogP contribution in [0.1, 0.15) is 29.8 Å². The van der Waals surface area contributed by atoms with E-state index in [0.717, 1.165) is 56.1 Å². The molecule has 1 fully saturated rings. The Bertz CT molecular complexity index is 990. The van der Waals surface area contributed by atoms with E-state index in [4.69, 9.17) is 5.10 Å². The molecule has 27 heavy (non-hydrogen) atoms. The van der Waals surface area contributed by atoms with Crippen LogP contribution in [0.3, 0.4) is 0 Å². The Hall–Kier alpha value is -2.72. The van der Waals surface area contributed by atoms with Crippen LogP contribution in [-0.2, 0) is 13.0 Å². The first-order chi connectivity index (χ1) is 13.3. The van der Waals surface area contributed by atoms with Crippen molar-refractivity contribution in [3.8, 4) is 11.4 Å². The van der Waals surface area contributed by atoms with Crippen molar-refractivity contribution in [1.82, 2.24) is 19.7 Å². The summed E-state index contributed by atoms with van der Waals surface area (Å²) in [6.45, 7) is 3.14. The maximum Gasteiger partial charge on any atom is 0.164 e. The highest BCUT2D eigenvalue weighted by atomic mass is 15.3. The molecule has 2 aromatic carbocycles. The highest BCUT2D eigenvalue weighted by molar-refractivity contribution is 5.82. The second-order valence-corrected chi connectivity index (χ2v) is 7.55. The molecule has 3 aromatic rings. The van der Waals surface area contributed by atoms with Gasteiger partial charge in [-0.2, -0.15) is 0 Å². The molecule has 2 aliphatic rings. The van der Waals surface area contributed by atoms with Gasteiger partial charge in [-0.25, -0.2) is 0 Å². The van der Waals surface area contributed by atoms with Crippen LogP contribution in [0.5, 0.6) is 0 Å². The summed E-state index contributed by atoms with van der Waals surface area (Å²) >= 11 is 0. The third kappa shape index (κ3) is 2.90. The monoisotopic (exact) mass is 356 g/mol. The third-order valence-electron chi connectivity index (χ3n) is 5.84. The molecule has 1 saturated heterocycles. The first-order valence-electron chi connectivity index (χ1n) is 9.79. The molecule has 0 atom stereocenters. The van der Waals surface area contributed by atoms with E-state index in [-0.39, 0.29) is 0 Å². The molecule has 0 saturated carbocycles. The zero-order valence-electron chi connectivity index (χ0n) is 15.7. The molecule has 3 heterocycles. The molecule has 0 N–H and O–H groups in total. The molecular formula is C23H24N4. The highest BCUT2D eigenvalue weighted by Crippen LogP contribution is 2.37. The molecule has 4 nitrogen and oxygen atoms in total. The summed E-state index contributed by atoms with van der Waals surface area (Å²) < 4.78 is 2.33. The maximum atomic E-state index is 4.71. The van der Waals surface area contributed by atoms with Crippen LogP contribution in [0.25, 0.3) is 17.0 Å². The van der Waals surface area contributed by atoms with Gasteiger partial charge in [0.05, 0.1) is 0 Å². The van der Waals surface area contributed by atoms with E-state index < -0.39 is 0 Å². The molecular weight excluding hydrogens is 332 g/mol. The Morgan fingerprint density at radius 2 is 1.44 bits per heavy atom. The van der Waals surface area contributed by atoms with Crippen molar-refractivity contribution in [2.24, 2.45) is 0 Å². The lowest BCUT2D eigenvalue weighted by atomic mass is 9.90. The molecule has 1 aromatic heterocycles. The van der Waals surface area contributed by atoms with Crippen molar-refractivity contribution in [3.05, 3.63) is 77.1 Å². The van der Waals surface area contributed by atoms with Crippen molar-refractivity contribution < 1.29 is 0 Å². The second kappa shape index (κ2) is 6.78. The van der Waals surface area contributed by atoms with E-state index in [9.17, 15) is 0 Å². The average Bonchev–Trinajstić information content (AvgIpc) is 3.06. The van der Waals surface area contributed by atoms with Gasteiger partial charge in [0.1, 0.15) is 0 Å². The van der Waals surface area contributed by atoms with E-state index in [1.807, 2.05) is 6.07 Å². The fourth-order valence-electron chi connectivity index (χ4n) is 4.32. The Kier molecular flexibility index (Phi) is 4.13. The summed E-state index contributed by atoms with van der Waals surface area (Å²) in [5.74, 6) is 2.02. The smallest absolute Gasteiger partial charge is 0.164 e. The average molecular weight is 356 g/mol. The lowest BCUT2D eigenvalue weighted by molar-refractivity contribution is 0.313. The Morgan fingerprint density at radius 3 is 2.26 bits per heavy atom. The minimum atomic E-state index is 0.917. The summed E-state index contributed by atoms with van der Waals surface area (Å²) in [5, 5.41) is 9.32. The minimum Gasteiger partial charge on any atom is -0.307 e. The largest absolute Gasteiger partial charge is 0.307 e. The van der Waals surface area contributed by atoms with Crippen LogP contribution in [0.15, 0.2) is 60.2 Å². The van der Waals surface area contributed by atoms with Crippen LogP contribution in [-0.4, -0.2) is 39.8 Å². The number of hydrogen-bond donors (Lipinski definition) is 0.